The SMILES string of the molecule is CCC(O[PH](=O)O)C(N)(CC)c1c[nH]c2ccccc12. The van der Waals surface area contributed by atoms with Crippen molar-refractivity contribution in [1.29, 1.82) is 0 Å². The number of aromatic amines is 1. The van der Waals surface area contributed by atoms with Crippen molar-refractivity contribution in [2.75, 3.05) is 0 Å². The summed E-state index contributed by atoms with van der Waals surface area (Å²) in [5.74, 6) is 0. The fourth-order valence-electron chi connectivity index (χ4n) is 2.72. The molecule has 110 valence electrons. The van der Waals surface area contributed by atoms with Crippen LogP contribution in [0.1, 0.15) is 32.3 Å². The molecule has 0 aliphatic rings. The average Bonchev–Trinajstić information content (AvgIpc) is 2.88. The van der Waals surface area contributed by atoms with Crippen LogP contribution < -0.4 is 5.73 Å². The van der Waals surface area contributed by atoms with Crippen LogP contribution in [0.2, 0.25) is 0 Å². The number of H-pyrrole nitrogens is 1. The van der Waals surface area contributed by atoms with Crippen molar-refractivity contribution in [3.8, 4) is 0 Å². The third-order valence-electron chi connectivity index (χ3n) is 3.86. The molecule has 3 unspecified atom stereocenters. The van der Waals surface area contributed by atoms with E-state index in [-0.39, 0.29) is 0 Å². The van der Waals surface area contributed by atoms with E-state index < -0.39 is 19.9 Å². The molecule has 0 saturated heterocycles. The molecule has 0 radical (unpaired) electrons. The monoisotopic (exact) mass is 296 g/mol. The van der Waals surface area contributed by atoms with E-state index in [1.54, 1.807) is 0 Å². The number of rotatable bonds is 6. The summed E-state index contributed by atoms with van der Waals surface area (Å²) in [6.45, 7) is 3.87. The molecule has 6 heteroatoms. The van der Waals surface area contributed by atoms with E-state index in [1.165, 1.54) is 0 Å². The number of fused-ring (bicyclic) bond motifs is 1. The molecule has 3 atom stereocenters. The number of para-hydroxylation sites is 1. The quantitative estimate of drug-likeness (QED) is 0.715. The van der Waals surface area contributed by atoms with Gasteiger partial charge in [0.1, 0.15) is 0 Å². The molecule has 5 nitrogen and oxygen atoms in total. The van der Waals surface area contributed by atoms with Crippen LogP contribution in [0.15, 0.2) is 30.5 Å². The molecule has 20 heavy (non-hydrogen) atoms. The standard InChI is InChI=1S/C14H21N2O3P/c1-3-13(19-20(17)18)14(15,4-2)11-9-16-12-8-6-5-7-10(11)12/h5-9,13,16,20H,3-4,15H2,1-2H3,(H,17,18). The van der Waals surface area contributed by atoms with E-state index in [4.69, 9.17) is 15.2 Å². The predicted molar refractivity (Wildman–Crippen MR) is 80.8 cm³/mol. The zero-order valence-electron chi connectivity index (χ0n) is 11.7. The van der Waals surface area contributed by atoms with Crippen molar-refractivity contribution in [3.63, 3.8) is 0 Å². The highest BCUT2D eigenvalue weighted by Crippen LogP contribution is 2.37. The van der Waals surface area contributed by atoms with Crippen molar-refractivity contribution in [3.05, 3.63) is 36.0 Å². The lowest BCUT2D eigenvalue weighted by Gasteiger charge is -2.35. The molecule has 0 bridgehead atoms. The predicted octanol–water partition coefficient (Wildman–Crippen LogP) is 2.91. The van der Waals surface area contributed by atoms with Gasteiger partial charge in [-0.15, -0.1) is 0 Å². The summed E-state index contributed by atoms with van der Waals surface area (Å²) in [7, 11) is -3.02. The van der Waals surface area contributed by atoms with Crippen LogP contribution in [0.4, 0.5) is 0 Å². The molecule has 0 amide bonds. The Hall–Kier alpha value is -1.13. The first-order valence-electron chi connectivity index (χ1n) is 6.78. The summed E-state index contributed by atoms with van der Waals surface area (Å²) in [6.07, 6.45) is 2.56. The summed E-state index contributed by atoms with van der Waals surface area (Å²) < 4.78 is 16.3. The van der Waals surface area contributed by atoms with E-state index >= 15 is 0 Å². The molecule has 0 aliphatic carbocycles. The highest BCUT2D eigenvalue weighted by Gasteiger charge is 2.37. The molecule has 0 spiro atoms. The second-order valence-corrected chi connectivity index (χ2v) is 5.69. The molecular formula is C14H21N2O3P. The Kier molecular flexibility index (Phi) is 4.66. The second kappa shape index (κ2) is 6.10. The molecule has 0 aliphatic heterocycles. The van der Waals surface area contributed by atoms with Gasteiger partial charge in [0.05, 0.1) is 11.6 Å². The topological polar surface area (TPSA) is 88.3 Å². The van der Waals surface area contributed by atoms with Crippen LogP contribution in [0, 0.1) is 0 Å². The average molecular weight is 296 g/mol. The Morgan fingerprint density at radius 2 is 2.15 bits per heavy atom. The maximum Gasteiger partial charge on any atom is 0.316 e. The summed E-state index contributed by atoms with van der Waals surface area (Å²) >= 11 is 0. The zero-order chi connectivity index (χ0) is 14.8. The Labute approximate surface area is 119 Å². The number of benzene rings is 1. The van der Waals surface area contributed by atoms with E-state index in [0.29, 0.717) is 12.8 Å². The Bertz CT molecular complexity index is 613. The summed E-state index contributed by atoms with van der Waals surface area (Å²) in [4.78, 5) is 12.3. The number of nitrogens with two attached hydrogens (primary N) is 1. The number of aromatic nitrogens is 1. The minimum atomic E-state index is -3.02. The van der Waals surface area contributed by atoms with Crippen molar-refractivity contribution in [2.24, 2.45) is 5.73 Å². The van der Waals surface area contributed by atoms with Gasteiger partial charge in [0.25, 0.3) is 0 Å². The molecule has 1 aromatic heterocycles. The third-order valence-corrected chi connectivity index (χ3v) is 4.35. The molecule has 0 fully saturated rings. The van der Waals surface area contributed by atoms with Gasteiger partial charge in [-0.05, 0) is 24.5 Å². The van der Waals surface area contributed by atoms with Crippen LogP contribution in [0.5, 0.6) is 0 Å². The van der Waals surface area contributed by atoms with Gasteiger partial charge in [-0.25, -0.2) is 0 Å². The molecule has 1 aromatic carbocycles. The fourth-order valence-corrected chi connectivity index (χ4v) is 3.34. The van der Waals surface area contributed by atoms with Crippen molar-refractivity contribution in [1.82, 2.24) is 4.98 Å². The number of hydrogen-bond donors (Lipinski definition) is 3. The molecule has 4 N–H and O–H groups in total. The largest absolute Gasteiger partial charge is 0.361 e. The number of nitrogens with one attached hydrogen (secondary N) is 1. The van der Waals surface area contributed by atoms with Gasteiger partial charge >= 0.3 is 8.25 Å². The first-order valence-corrected chi connectivity index (χ1v) is 8.04. The summed E-state index contributed by atoms with van der Waals surface area (Å²) in [5, 5.41) is 1.02. The van der Waals surface area contributed by atoms with Crippen molar-refractivity contribution in [2.45, 2.75) is 38.3 Å². The van der Waals surface area contributed by atoms with E-state index in [0.717, 1.165) is 16.5 Å². The van der Waals surface area contributed by atoms with Gasteiger partial charge < -0.3 is 20.1 Å². The zero-order valence-corrected chi connectivity index (χ0v) is 12.7. The Balaban J connectivity index is 2.51. The van der Waals surface area contributed by atoms with Crippen molar-refractivity contribution < 1.29 is 14.0 Å². The van der Waals surface area contributed by atoms with Crippen LogP contribution >= 0.6 is 8.25 Å². The van der Waals surface area contributed by atoms with Gasteiger partial charge in [0.2, 0.25) is 0 Å². The summed E-state index contributed by atoms with van der Waals surface area (Å²) in [5.41, 5.74) is 7.68. The van der Waals surface area contributed by atoms with Gasteiger partial charge in [-0.1, -0.05) is 32.0 Å². The van der Waals surface area contributed by atoms with E-state index in [1.807, 2.05) is 44.3 Å². The maximum atomic E-state index is 11.1. The smallest absolute Gasteiger partial charge is 0.316 e. The first kappa shape index (κ1) is 15.3. The lowest BCUT2D eigenvalue weighted by molar-refractivity contribution is 0.0957. The van der Waals surface area contributed by atoms with Gasteiger partial charge in [0, 0.05) is 17.1 Å². The normalized spacial score (nSPS) is 17.8. The first-order chi connectivity index (χ1) is 9.52. The Morgan fingerprint density at radius 3 is 2.75 bits per heavy atom. The van der Waals surface area contributed by atoms with Crippen LogP contribution in [-0.4, -0.2) is 16.0 Å². The van der Waals surface area contributed by atoms with Crippen LogP contribution in [0.3, 0.4) is 0 Å². The molecule has 1 heterocycles. The van der Waals surface area contributed by atoms with Gasteiger partial charge in [0.15, 0.2) is 0 Å². The van der Waals surface area contributed by atoms with Crippen LogP contribution in [0.25, 0.3) is 10.9 Å². The second-order valence-electron chi connectivity index (χ2n) is 4.92. The molecule has 2 aromatic rings. The highest BCUT2D eigenvalue weighted by atomic mass is 31.1. The molecule has 2 rings (SSSR count). The van der Waals surface area contributed by atoms with Gasteiger partial charge in [-0.3, -0.25) is 4.57 Å². The lowest BCUT2D eigenvalue weighted by atomic mass is 9.82. The molecule has 0 saturated carbocycles. The van der Waals surface area contributed by atoms with Crippen molar-refractivity contribution >= 4 is 19.2 Å². The van der Waals surface area contributed by atoms with Crippen LogP contribution in [-0.2, 0) is 14.6 Å². The lowest BCUT2D eigenvalue weighted by Crippen LogP contribution is -2.47. The van der Waals surface area contributed by atoms with E-state index in [2.05, 4.69) is 4.98 Å². The minimum Gasteiger partial charge on any atom is -0.361 e. The molecular weight excluding hydrogens is 275 g/mol. The van der Waals surface area contributed by atoms with Gasteiger partial charge in [-0.2, -0.15) is 0 Å². The summed E-state index contributed by atoms with van der Waals surface area (Å²) in [6, 6.07) is 7.87. The fraction of sp³-hybridized carbons (Fsp3) is 0.429. The van der Waals surface area contributed by atoms with E-state index in [9.17, 15) is 4.57 Å². The minimum absolute atomic E-state index is 0.497. The Morgan fingerprint density at radius 1 is 1.45 bits per heavy atom. The number of hydrogen-bond acceptors (Lipinski definition) is 3. The maximum absolute atomic E-state index is 11.1. The highest BCUT2D eigenvalue weighted by molar-refractivity contribution is 7.32. The third kappa shape index (κ3) is 2.67.